The predicted molar refractivity (Wildman–Crippen MR) is 69.9 cm³/mol. The Morgan fingerprint density at radius 2 is 1.81 bits per heavy atom. The number of para-hydroxylation sites is 1. The van der Waals surface area contributed by atoms with Crippen LogP contribution in [-0.2, 0) is 4.79 Å². The van der Waals surface area contributed by atoms with Gasteiger partial charge in [-0.15, -0.1) is 0 Å². The van der Waals surface area contributed by atoms with Gasteiger partial charge in [-0.2, -0.15) is 4.39 Å². The number of carbonyl (C=O) groups is 2. The van der Waals surface area contributed by atoms with Crippen molar-refractivity contribution < 1.29 is 23.5 Å². The third-order valence-corrected chi connectivity index (χ3v) is 2.68. The van der Waals surface area contributed by atoms with E-state index in [4.69, 9.17) is 5.11 Å². The van der Waals surface area contributed by atoms with Crippen LogP contribution >= 0.6 is 0 Å². The number of aromatic nitrogens is 1. The first-order valence-electron chi connectivity index (χ1n) is 5.89. The van der Waals surface area contributed by atoms with Gasteiger partial charge in [0.15, 0.2) is 5.82 Å². The van der Waals surface area contributed by atoms with Gasteiger partial charge in [0, 0.05) is 11.9 Å². The van der Waals surface area contributed by atoms with Crippen molar-refractivity contribution in [1.29, 1.82) is 0 Å². The van der Waals surface area contributed by atoms with Crippen molar-refractivity contribution in [2.45, 2.75) is 0 Å². The summed E-state index contributed by atoms with van der Waals surface area (Å²) in [6.45, 7) is -0.674. The molecule has 0 fully saturated rings. The summed E-state index contributed by atoms with van der Waals surface area (Å²) in [7, 11) is 0. The van der Waals surface area contributed by atoms with Gasteiger partial charge in [-0.25, -0.2) is 9.37 Å². The summed E-state index contributed by atoms with van der Waals surface area (Å²) in [5.74, 6) is -5.05. The van der Waals surface area contributed by atoms with Crippen LogP contribution in [0.1, 0.15) is 10.4 Å². The van der Waals surface area contributed by atoms with E-state index in [1.54, 1.807) is 18.2 Å². The van der Waals surface area contributed by atoms with E-state index in [9.17, 15) is 18.4 Å². The van der Waals surface area contributed by atoms with Crippen LogP contribution < -0.4 is 4.90 Å². The molecule has 21 heavy (non-hydrogen) atoms. The number of aliphatic carboxylic acids is 1. The Balaban J connectivity index is 2.44. The van der Waals surface area contributed by atoms with E-state index in [1.165, 1.54) is 12.1 Å². The van der Waals surface area contributed by atoms with Gasteiger partial charge in [-0.3, -0.25) is 14.5 Å². The lowest BCUT2D eigenvalue weighted by Gasteiger charge is -2.21. The molecular formula is C14H10F2N2O3. The number of nitrogens with zero attached hydrogens (tertiary/aromatic N) is 2. The van der Waals surface area contributed by atoms with Crippen LogP contribution in [-0.4, -0.2) is 28.5 Å². The summed E-state index contributed by atoms with van der Waals surface area (Å²) in [4.78, 5) is 27.1. The maximum atomic E-state index is 13.6. The molecule has 1 N–H and O–H groups in total. The molecule has 5 nitrogen and oxygen atoms in total. The third-order valence-electron chi connectivity index (χ3n) is 2.68. The van der Waals surface area contributed by atoms with Crippen LogP contribution in [0, 0.1) is 11.8 Å². The Labute approximate surface area is 118 Å². The first-order valence-corrected chi connectivity index (χ1v) is 5.89. The fraction of sp³-hybridized carbons (Fsp3) is 0.0714. The van der Waals surface area contributed by atoms with E-state index in [-0.39, 0.29) is 5.69 Å². The van der Waals surface area contributed by atoms with E-state index in [1.807, 2.05) is 0 Å². The van der Waals surface area contributed by atoms with Crippen LogP contribution in [0.4, 0.5) is 14.5 Å². The molecule has 0 spiro atoms. The quantitative estimate of drug-likeness (QED) is 0.876. The Morgan fingerprint density at radius 3 is 2.43 bits per heavy atom. The minimum Gasteiger partial charge on any atom is -0.480 e. The van der Waals surface area contributed by atoms with Crippen molar-refractivity contribution in [1.82, 2.24) is 4.98 Å². The molecule has 0 saturated carbocycles. The van der Waals surface area contributed by atoms with Gasteiger partial charge in [0.1, 0.15) is 6.54 Å². The molecule has 1 aromatic carbocycles. The van der Waals surface area contributed by atoms with Gasteiger partial charge in [-0.1, -0.05) is 18.2 Å². The molecule has 0 aliphatic carbocycles. The summed E-state index contributed by atoms with van der Waals surface area (Å²) in [6.07, 6.45) is 0.940. The standard InChI is InChI=1S/C14H10F2N2O3/c15-12-10(6-7-17-13(12)16)14(21)18(8-11(19)20)9-4-2-1-3-5-9/h1-7H,8H2,(H,19,20). The van der Waals surface area contributed by atoms with Gasteiger partial charge in [0.2, 0.25) is 5.95 Å². The van der Waals surface area contributed by atoms with Crippen LogP contribution in [0.5, 0.6) is 0 Å². The average Bonchev–Trinajstić information content (AvgIpc) is 2.48. The van der Waals surface area contributed by atoms with Gasteiger partial charge in [0.05, 0.1) is 5.56 Å². The zero-order valence-electron chi connectivity index (χ0n) is 10.7. The molecule has 0 unspecified atom stereocenters. The zero-order valence-corrected chi connectivity index (χ0v) is 10.7. The number of hydrogen-bond donors (Lipinski definition) is 1. The van der Waals surface area contributed by atoms with E-state index < -0.39 is 35.7 Å². The molecule has 2 rings (SSSR count). The van der Waals surface area contributed by atoms with Crippen molar-refractivity contribution in [3.05, 3.63) is 59.9 Å². The molecule has 0 aliphatic heterocycles. The summed E-state index contributed by atoms with van der Waals surface area (Å²) in [6, 6.07) is 8.87. The lowest BCUT2D eigenvalue weighted by Crippen LogP contribution is -2.36. The van der Waals surface area contributed by atoms with Crippen molar-refractivity contribution in [2.24, 2.45) is 0 Å². The molecule has 0 saturated heterocycles. The SMILES string of the molecule is O=C(O)CN(C(=O)c1ccnc(F)c1F)c1ccccc1. The van der Waals surface area contributed by atoms with Gasteiger partial charge in [0.25, 0.3) is 5.91 Å². The van der Waals surface area contributed by atoms with Crippen molar-refractivity contribution in [2.75, 3.05) is 11.4 Å². The second-order valence-electron chi connectivity index (χ2n) is 4.08. The van der Waals surface area contributed by atoms with E-state index >= 15 is 0 Å². The van der Waals surface area contributed by atoms with Crippen molar-refractivity contribution in [3.63, 3.8) is 0 Å². The second kappa shape index (κ2) is 6.08. The van der Waals surface area contributed by atoms with Gasteiger partial charge < -0.3 is 5.11 Å². The smallest absolute Gasteiger partial charge is 0.323 e. The van der Waals surface area contributed by atoms with Crippen LogP contribution in [0.15, 0.2) is 42.6 Å². The molecule has 0 atom stereocenters. The minimum atomic E-state index is -1.41. The number of halogens is 2. The largest absolute Gasteiger partial charge is 0.480 e. The third kappa shape index (κ3) is 3.19. The molecular weight excluding hydrogens is 282 g/mol. The molecule has 1 aromatic heterocycles. The number of pyridine rings is 1. The van der Waals surface area contributed by atoms with Crippen LogP contribution in [0.2, 0.25) is 0 Å². The van der Waals surface area contributed by atoms with E-state index in [0.717, 1.165) is 17.2 Å². The molecule has 0 bridgehead atoms. The molecule has 7 heteroatoms. The Kier molecular flexibility index (Phi) is 4.22. The predicted octanol–water partition coefficient (Wildman–Crippen LogP) is 2.09. The number of benzene rings is 1. The summed E-state index contributed by atoms with van der Waals surface area (Å²) in [5, 5.41) is 8.89. The summed E-state index contributed by atoms with van der Waals surface area (Å²) in [5.41, 5.74) is -0.311. The topological polar surface area (TPSA) is 70.5 Å². The molecule has 0 radical (unpaired) electrons. The highest BCUT2D eigenvalue weighted by Gasteiger charge is 2.24. The summed E-state index contributed by atoms with van der Waals surface area (Å²) < 4.78 is 26.7. The number of carbonyl (C=O) groups excluding carboxylic acids is 1. The monoisotopic (exact) mass is 292 g/mol. The number of anilines is 1. The highest BCUT2D eigenvalue weighted by atomic mass is 19.2. The number of amides is 1. The lowest BCUT2D eigenvalue weighted by molar-refractivity contribution is -0.135. The van der Waals surface area contributed by atoms with Crippen LogP contribution in [0.3, 0.4) is 0 Å². The average molecular weight is 292 g/mol. The number of carboxylic acids is 1. The molecule has 1 heterocycles. The van der Waals surface area contributed by atoms with Gasteiger partial charge >= 0.3 is 5.97 Å². The normalized spacial score (nSPS) is 10.2. The van der Waals surface area contributed by atoms with E-state index in [2.05, 4.69) is 4.98 Å². The number of rotatable bonds is 4. The first kappa shape index (κ1) is 14.6. The maximum absolute atomic E-state index is 13.6. The zero-order chi connectivity index (χ0) is 15.4. The molecule has 1 amide bonds. The Hall–Kier alpha value is -2.83. The fourth-order valence-electron chi connectivity index (χ4n) is 1.75. The second-order valence-corrected chi connectivity index (χ2v) is 4.08. The number of carboxylic acid groups (broad SMARTS) is 1. The fourth-order valence-corrected chi connectivity index (χ4v) is 1.75. The molecule has 2 aromatic rings. The van der Waals surface area contributed by atoms with Crippen molar-refractivity contribution in [3.8, 4) is 0 Å². The first-order chi connectivity index (χ1) is 10.0. The van der Waals surface area contributed by atoms with Crippen molar-refractivity contribution >= 4 is 17.6 Å². The Bertz CT molecular complexity index is 677. The molecule has 108 valence electrons. The van der Waals surface area contributed by atoms with Gasteiger partial charge in [-0.05, 0) is 18.2 Å². The highest BCUT2D eigenvalue weighted by Crippen LogP contribution is 2.18. The molecule has 0 aliphatic rings. The van der Waals surface area contributed by atoms with E-state index in [0.29, 0.717) is 0 Å². The lowest BCUT2D eigenvalue weighted by atomic mass is 10.2. The Morgan fingerprint density at radius 1 is 1.14 bits per heavy atom. The van der Waals surface area contributed by atoms with Crippen LogP contribution in [0.25, 0.3) is 0 Å². The number of hydrogen-bond acceptors (Lipinski definition) is 3. The highest BCUT2D eigenvalue weighted by molar-refractivity contribution is 6.08. The summed E-state index contributed by atoms with van der Waals surface area (Å²) >= 11 is 0. The minimum absolute atomic E-state index is 0.265. The maximum Gasteiger partial charge on any atom is 0.323 e.